The van der Waals surface area contributed by atoms with Crippen LogP contribution in [0.2, 0.25) is 0 Å². The Hall–Kier alpha value is 0.310. The van der Waals surface area contributed by atoms with Gasteiger partial charge in [-0.2, -0.15) is 11.8 Å². The molecule has 2 atom stereocenters. The zero-order chi connectivity index (χ0) is 6.69. The summed E-state index contributed by atoms with van der Waals surface area (Å²) in [6.07, 6.45) is 1.31. The van der Waals surface area contributed by atoms with Crippen molar-refractivity contribution in [2.24, 2.45) is 0 Å². The molecule has 9 heavy (non-hydrogen) atoms. The molecule has 1 N–H and O–H groups in total. The molecule has 1 rings (SSSR count). The number of hydrogen-bond donors (Lipinski definition) is 1. The van der Waals surface area contributed by atoms with E-state index < -0.39 is 0 Å². The predicted molar refractivity (Wildman–Crippen MR) is 44.0 cm³/mol. The van der Waals surface area contributed by atoms with Crippen LogP contribution in [0.15, 0.2) is 0 Å². The molecule has 1 aliphatic rings. The van der Waals surface area contributed by atoms with Gasteiger partial charge in [0, 0.05) is 23.6 Å². The fourth-order valence-corrected chi connectivity index (χ4v) is 2.39. The summed E-state index contributed by atoms with van der Waals surface area (Å²) >= 11 is 2.12. The van der Waals surface area contributed by atoms with Crippen LogP contribution in [0.3, 0.4) is 0 Å². The fraction of sp³-hybridized carbons (Fsp3) is 1.00. The normalized spacial score (nSPS) is 36.7. The highest BCUT2D eigenvalue weighted by atomic mass is 32.2. The Morgan fingerprint density at radius 1 is 1.56 bits per heavy atom. The van der Waals surface area contributed by atoms with E-state index in [0.29, 0.717) is 0 Å². The van der Waals surface area contributed by atoms with Crippen molar-refractivity contribution in [3.8, 4) is 0 Å². The lowest BCUT2D eigenvalue weighted by molar-refractivity contribution is 0.620. The van der Waals surface area contributed by atoms with Crippen molar-refractivity contribution < 1.29 is 0 Å². The van der Waals surface area contributed by atoms with Crippen molar-refractivity contribution in [2.75, 3.05) is 13.1 Å². The third-order valence-electron chi connectivity index (χ3n) is 1.68. The van der Waals surface area contributed by atoms with E-state index in [1.165, 1.54) is 19.5 Å². The molecule has 1 fully saturated rings. The molecule has 2 heteroatoms. The lowest BCUT2D eigenvalue weighted by Crippen LogP contribution is -2.36. The molecule has 0 bridgehead atoms. The van der Waals surface area contributed by atoms with Crippen LogP contribution in [-0.2, 0) is 0 Å². The fourth-order valence-electron chi connectivity index (χ4n) is 1.11. The minimum absolute atomic E-state index is 0.823. The average molecular weight is 145 g/mol. The van der Waals surface area contributed by atoms with E-state index in [1.54, 1.807) is 0 Å². The van der Waals surface area contributed by atoms with Gasteiger partial charge in [-0.05, 0) is 6.42 Å². The van der Waals surface area contributed by atoms with Crippen molar-refractivity contribution in [1.82, 2.24) is 5.32 Å². The van der Waals surface area contributed by atoms with E-state index in [2.05, 4.69) is 30.9 Å². The summed E-state index contributed by atoms with van der Waals surface area (Å²) < 4.78 is 0. The molecule has 1 heterocycles. The Balaban J connectivity index is 2.23. The highest BCUT2D eigenvalue weighted by molar-refractivity contribution is 8.00. The number of thioether (sulfide) groups is 1. The van der Waals surface area contributed by atoms with Gasteiger partial charge < -0.3 is 5.32 Å². The Bertz CT molecular complexity index is 85.0. The van der Waals surface area contributed by atoms with E-state index in [0.717, 1.165) is 10.5 Å². The van der Waals surface area contributed by atoms with Crippen LogP contribution in [0.1, 0.15) is 20.3 Å². The summed E-state index contributed by atoms with van der Waals surface area (Å²) in [5, 5.41) is 5.11. The molecule has 0 aromatic carbocycles. The lowest BCUT2D eigenvalue weighted by atomic mass is 10.3. The molecule has 0 radical (unpaired) electrons. The molecule has 0 unspecified atom stereocenters. The highest BCUT2D eigenvalue weighted by Crippen LogP contribution is 2.22. The van der Waals surface area contributed by atoms with Crippen LogP contribution in [0.25, 0.3) is 0 Å². The van der Waals surface area contributed by atoms with E-state index in [-0.39, 0.29) is 0 Å². The van der Waals surface area contributed by atoms with Gasteiger partial charge in [0.05, 0.1) is 0 Å². The summed E-state index contributed by atoms with van der Waals surface area (Å²) in [6.45, 7) is 6.96. The highest BCUT2D eigenvalue weighted by Gasteiger charge is 2.16. The Kier molecular flexibility index (Phi) is 2.86. The van der Waals surface area contributed by atoms with Gasteiger partial charge in [-0.25, -0.2) is 0 Å². The van der Waals surface area contributed by atoms with Crippen molar-refractivity contribution >= 4 is 11.8 Å². The first-order valence-electron chi connectivity index (χ1n) is 3.69. The first kappa shape index (κ1) is 7.42. The first-order valence-corrected chi connectivity index (χ1v) is 4.63. The van der Waals surface area contributed by atoms with Crippen LogP contribution < -0.4 is 5.32 Å². The zero-order valence-corrected chi connectivity index (χ0v) is 7.00. The zero-order valence-electron chi connectivity index (χ0n) is 6.18. The largest absolute Gasteiger partial charge is 0.315 e. The summed E-state index contributed by atoms with van der Waals surface area (Å²) in [7, 11) is 0. The third kappa shape index (κ3) is 2.18. The molecular formula is C7H15NS. The number of hydrogen-bond acceptors (Lipinski definition) is 2. The van der Waals surface area contributed by atoms with Crippen molar-refractivity contribution in [2.45, 2.75) is 30.8 Å². The molecule has 0 aliphatic carbocycles. The van der Waals surface area contributed by atoms with Crippen LogP contribution >= 0.6 is 11.8 Å². The van der Waals surface area contributed by atoms with Gasteiger partial charge in [-0.3, -0.25) is 0 Å². The summed E-state index contributed by atoms with van der Waals surface area (Å²) in [5.41, 5.74) is 0. The minimum atomic E-state index is 0.823. The molecule has 54 valence electrons. The maximum absolute atomic E-state index is 3.41. The average Bonchev–Trinajstić information content (AvgIpc) is 1.88. The maximum Gasteiger partial charge on any atom is 0.0173 e. The van der Waals surface area contributed by atoms with E-state index in [1.807, 2.05) is 0 Å². The molecule has 1 aliphatic heterocycles. The van der Waals surface area contributed by atoms with Gasteiger partial charge in [0.25, 0.3) is 0 Å². The predicted octanol–water partition coefficient (Wildman–Crippen LogP) is 1.49. The van der Waals surface area contributed by atoms with Crippen molar-refractivity contribution in [1.29, 1.82) is 0 Å². The number of rotatable bonds is 1. The molecular weight excluding hydrogens is 130 g/mol. The molecule has 0 spiro atoms. The van der Waals surface area contributed by atoms with Gasteiger partial charge in [-0.1, -0.05) is 13.8 Å². The summed E-state index contributed by atoms with van der Waals surface area (Å²) in [4.78, 5) is 0. The summed E-state index contributed by atoms with van der Waals surface area (Å²) in [6, 6.07) is 0. The van der Waals surface area contributed by atoms with E-state index >= 15 is 0 Å². The van der Waals surface area contributed by atoms with Gasteiger partial charge in [0.1, 0.15) is 0 Å². The van der Waals surface area contributed by atoms with Gasteiger partial charge in [0.2, 0.25) is 0 Å². The van der Waals surface area contributed by atoms with Crippen LogP contribution in [0.4, 0.5) is 0 Å². The second-order valence-electron chi connectivity index (χ2n) is 2.64. The third-order valence-corrected chi connectivity index (χ3v) is 3.20. The van der Waals surface area contributed by atoms with E-state index in [9.17, 15) is 0 Å². The quantitative estimate of drug-likeness (QED) is 0.600. The molecule has 1 nitrogen and oxygen atoms in total. The SMILES string of the molecule is CC[C@@H]1CNC[C@H](C)S1. The second kappa shape index (κ2) is 3.47. The Morgan fingerprint density at radius 3 is 2.78 bits per heavy atom. The minimum Gasteiger partial charge on any atom is -0.315 e. The van der Waals surface area contributed by atoms with Crippen molar-refractivity contribution in [3.63, 3.8) is 0 Å². The Morgan fingerprint density at radius 2 is 2.33 bits per heavy atom. The first-order chi connectivity index (χ1) is 4.33. The number of nitrogens with one attached hydrogen (secondary N) is 1. The van der Waals surface area contributed by atoms with Gasteiger partial charge in [-0.15, -0.1) is 0 Å². The molecule has 0 aromatic rings. The molecule has 0 saturated carbocycles. The Labute approximate surface area is 61.6 Å². The van der Waals surface area contributed by atoms with Gasteiger partial charge >= 0.3 is 0 Å². The lowest BCUT2D eigenvalue weighted by Gasteiger charge is -2.26. The van der Waals surface area contributed by atoms with Crippen LogP contribution in [-0.4, -0.2) is 23.6 Å². The smallest absolute Gasteiger partial charge is 0.0173 e. The summed E-state index contributed by atoms with van der Waals surface area (Å²) in [5.74, 6) is 0. The van der Waals surface area contributed by atoms with Crippen molar-refractivity contribution in [3.05, 3.63) is 0 Å². The molecule has 1 saturated heterocycles. The topological polar surface area (TPSA) is 12.0 Å². The second-order valence-corrected chi connectivity index (χ2v) is 4.38. The van der Waals surface area contributed by atoms with E-state index in [4.69, 9.17) is 0 Å². The molecule has 0 aromatic heterocycles. The monoisotopic (exact) mass is 145 g/mol. The van der Waals surface area contributed by atoms with Crippen LogP contribution in [0, 0.1) is 0 Å². The standard InChI is InChI=1S/C7H15NS/c1-3-7-5-8-4-6(2)9-7/h6-8H,3-5H2,1-2H3/t6-,7+/m0/s1. The molecule has 0 amide bonds. The van der Waals surface area contributed by atoms with Gasteiger partial charge in [0.15, 0.2) is 0 Å². The maximum atomic E-state index is 3.41. The van der Waals surface area contributed by atoms with Crippen LogP contribution in [0.5, 0.6) is 0 Å².